The van der Waals surface area contributed by atoms with Gasteiger partial charge in [-0.1, -0.05) is 77.8 Å². The van der Waals surface area contributed by atoms with E-state index in [2.05, 4.69) is 10.5 Å². The first-order valence-corrected chi connectivity index (χ1v) is 10.9. The third-order valence-electron chi connectivity index (χ3n) is 4.16. The van der Waals surface area contributed by atoms with Crippen molar-refractivity contribution in [2.75, 3.05) is 0 Å². The van der Waals surface area contributed by atoms with Gasteiger partial charge in [-0.05, 0) is 23.3 Å². The summed E-state index contributed by atoms with van der Waals surface area (Å²) in [7, 11) is -4.53. The van der Waals surface area contributed by atoms with Gasteiger partial charge in [0, 0.05) is 11.1 Å². The Morgan fingerprint density at radius 3 is 2.37 bits per heavy atom. The molecule has 0 heterocycles. The van der Waals surface area contributed by atoms with Crippen LogP contribution in [0.25, 0.3) is 11.1 Å². The van der Waals surface area contributed by atoms with Crippen molar-refractivity contribution < 1.29 is 17.8 Å². The Balaban J connectivity index is 1.89. The maximum atomic E-state index is 12.1. The zero-order valence-corrected chi connectivity index (χ0v) is 17.7. The summed E-state index contributed by atoms with van der Waals surface area (Å²) in [4.78, 5) is 11.6. The molecule has 3 rings (SSSR count). The van der Waals surface area contributed by atoms with Gasteiger partial charge in [0.25, 0.3) is 10.1 Å². The van der Waals surface area contributed by atoms with E-state index in [0.717, 1.165) is 11.6 Å². The topological polar surface area (TPSA) is 95.8 Å². The Morgan fingerprint density at radius 1 is 1.00 bits per heavy atom. The molecule has 1 amide bonds. The van der Waals surface area contributed by atoms with Gasteiger partial charge < -0.3 is 0 Å². The molecule has 0 aliphatic rings. The largest absolute Gasteiger partial charge is 0.296 e. The summed E-state index contributed by atoms with van der Waals surface area (Å²) >= 11 is 12.5. The van der Waals surface area contributed by atoms with Crippen molar-refractivity contribution in [2.45, 2.75) is 11.3 Å². The van der Waals surface area contributed by atoms with E-state index in [1.807, 2.05) is 30.3 Å². The number of hydrogen-bond acceptors (Lipinski definition) is 4. The van der Waals surface area contributed by atoms with E-state index >= 15 is 0 Å². The predicted octanol–water partition coefficient (Wildman–Crippen LogP) is 4.60. The van der Waals surface area contributed by atoms with E-state index in [9.17, 15) is 17.8 Å². The smallest absolute Gasteiger partial charge is 0.282 e. The maximum Gasteiger partial charge on any atom is 0.296 e. The van der Waals surface area contributed by atoms with Crippen LogP contribution < -0.4 is 5.43 Å². The normalized spacial score (nSPS) is 11.6. The molecule has 0 atom stereocenters. The summed E-state index contributed by atoms with van der Waals surface area (Å²) in [5, 5.41) is 3.96. The molecule has 3 aromatic carbocycles. The number of hydrogen-bond donors (Lipinski definition) is 2. The minimum absolute atomic E-state index is 0.174. The molecule has 0 spiro atoms. The Labute approximate surface area is 183 Å². The average Bonchev–Trinajstić information content (AvgIpc) is 2.69. The number of rotatable bonds is 6. The van der Waals surface area contributed by atoms with E-state index in [0.29, 0.717) is 11.1 Å². The molecule has 0 fully saturated rings. The van der Waals surface area contributed by atoms with Crippen LogP contribution in [0, 0.1) is 0 Å². The molecule has 30 heavy (non-hydrogen) atoms. The molecule has 0 saturated heterocycles. The van der Waals surface area contributed by atoms with E-state index in [1.54, 1.807) is 24.3 Å². The van der Waals surface area contributed by atoms with Gasteiger partial charge in [-0.3, -0.25) is 9.35 Å². The monoisotopic (exact) mass is 462 g/mol. The van der Waals surface area contributed by atoms with Crippen molar-refractivity contribution in [1.29, 1.82) is 0 Å². The zero-order valence-electron chi connectivity index (χ0n) is 15.4. The molecule has 0 aliphatic carbocycles. The van der Waals surface area contributed by atoms with Crippen LogP contribution in [-0.4, -0.2) is 25.1 Å². The Hall–Kier alpha value is -2.71. The lowest BCUT2D eigenvalue weighted by Crippen LogP contribution is -2.19. The number of hydrazone groups is 1. The van der Waals surface area contributed by atoms with Gasteiger partial charge in [0.05, 0.1) is 22.7 Å². The quantitative estimate of drug-likeness (QED) is 0.317. The lowest BCUT2D eigenvalue weighted by atomic mass is 10.00. The second-order valence-corrected chi connectivity index (χ2v) is 8.43. The lowest BCUT2D eigenvalue weighted by Gasteiger charge is -2.12. The molecule has 0 aliphatic heterocycles. The van der Waals surface area contributed by atoms with E-state index in [1.165, 1.54) is 12.3 Å². The van der Waals surface area contributed by atoms with Crippen molar-refractivity contribution in [2.24, 2.45) is 5.10 Å². The van der Waals surface area contributed by atoms with Crippen LogP contribution in [0.3, 0.4) is 0 Å². The molecule has 6 nitrogen and oxygen atoms in total. The number of amides is 1. The third kappa shape index (κ3) is 5.25. The summed E-state index contributed by atoms with van der Waals surface area (Å²) in [6.45, 7) is 0. The molecule has 0 unspecified atom stereocenters. The number of carbonyl (C=O) groups excluding carboxylic acids is 1. The van der Waals surface area contributed by atoms with E-state index in [4.69, 9.17) is 23.2 Å². The van der Waals surface area contributed by atoms with Gasteiger partial charge in [0.1, 0.15) is 4.90 Å². The SMILES string of the molecule is O=C(Cc1ccccc1)N/N=C/c1ccccc1-c1c(Cl)ccc(S(=O)(=O)O)c1Cl. The van der Waals surface area contributed by atoms with Crippen LogP contribution >= 0.6 is 23.2 Å². The van der Waals surface area contributed by atoms with E-state index in [-0.39, 0.29) is 27.9 Å². The molecule has 0 saturated carbocycles. The fourth-order valence-electron chi connectivity index (χ4n) is 2.81. The molecule has 0 radical (unpaired) electrons. The van der Waals surface area contributed by atoms with Crippen LogP contribution in [0.4, 0.5) is 0 Å². The first-order chi connectivity index (χ1) is 14.3. The van der Waals surface area contributed by atoms with Crippen molar-refractivity contribution >= 4 is 45.4 Å². The summed E-state index contributed by atoms with van der Waals surface area (Å²) < 4.78 is 32.6. The zero-order chi connectivity index (χ0) is 21.7. The fourth-order valence-corrected chi connectivity index (χ4v) is 4.25. The Morgan fingerprint density at radius 2 is 1.67 bits per heavy atom. The number of halogens is 2. The first-order valence-electron chi connectivity index (χ1n) is 8.68. The van der Waals surface area contributed by atoms with Crippen molar-refractivity contribution in [3.63, 3.8) is 0 Å². The third-order valence-corrected chi connectivity index (χ3v) is 5.88. The van der Waals surface area contributed by atoms with Crippen LogP contribution in [0.1, 0.15) is 11.1 Å². The summed E-state index contributed by atoms with van der Waals surface area (Å²) in [5.74, 6) is -0.292. The van der Waals surface area contributed by atoms with Gasteiger partial charge in [-0.15, -0.1) is 0 Å². The average molecular weight is 463 g/mol. The van der Waals surface area contributed by atoms with Crippen LogP contribution in [0.2, 0.25) is 10.0 Å². The van der Waals surface area contributed by atoms with Gasteiger partial charge in [0.2, 0.25) is 5.91 Å². The van der Waals surface area contributed by atoms with Gasteiger partial charge >= 0.3 is 0 Å². The highest BCUT2D eigenvalue weighted by Crippen LogP contribution is 2.39. The number of carbonyl (C=O) groups is 1. The molecule has 2 N–H and O–H groups in total. The van der Waals surface area contributed by atoms with Crippen molar-refractivity contribution in [3.05, 3.63) is 87.9 Å². The highest BCUT2D eigenvalue weighted by Gasteiger charge is 2.21. The van der Waals surface area contributed by atoms with Gasteiger partial charge in [-0.2, -0.15) is 13.5 Å². The maximum absolute atomic E-state index is 12.1. The number of nitrogens with zero attached hydrogens (tertiary/aromatic N) is 1. The standard InChI is InChI=1S/C21H16Cl2N2O4S/c22-17-10-11-18(30(27,28)29)21(23)20(17)16-9-5-4-8-15(16)13-24-25-19(26)12-14-6-2-1-3-7-14/h1-11,13H,12H2,(H,25,26)(H,27,28,29)/b24-13+. The summed E-state index contributed by atoms with van der Waals surface area (Å²) in [6.07, 6.45) is 1.58. The minimum atomic E-state index is -4.53. The summed E-state index contributed by atoms with van der Waals surface area (Å²) in [5.41, 5.74) is 4.55. The highest BCUT2D eigenvalue weighted by atomic mass is 35.5. The molecular formula is C21H16Cl2N2O4S. The Kier molecular flexibility index (Phi) is 6.89. The highest BCUT2D eigenvalue weighted by molar-refractivity contribution is 7.86. The number of nitrogens with one attached hydrogen (secondary N) is 1. The van der Waals surface area contributed by atoms with Crippen molar-refractivity contribution in [3.8, 4) is 11.1 Å². The summed E-state index contributed by atoms with van der Waals surface area (Å²) in [6, 6.07) is 18.5. The van der Waals surface area contributed by atoms with Crippen LogP contribution in [0.15, 0.2) is 76.7 Å². The molecule has 0 aromatic heterocycles. The fraction of sp³-hybridized carbons (Fsp3) is 0.0476. The molecule has 154 valence electrons. The predicted molar refractivity (Wildman–Crippen MR) is 118 cm³/mol. The van der Waals surface area contributed by atoms with Crippen LogP contribution in [0.5, 0.6) is 0 Å². The minimum Gasteiger partial charge on any atom is -0.282 e. The second-order valence-electron chi connectivity index (χ2n) is 6.25. The molecule has 9 heteroatoms. The van der Waals surface area contributed by atoms with Gasteiger partial charge in [-0.25, -0.2) is 5.43 Å². The molecule has 0 bridgehead atoms. The Bertz CT molecular complexity index is 1210. The van der Waals surface area contributed by atoms with Gasteiger partial charge in [0.15, 0.2) is 0 Å². The van der Waals surface area contributed by atoms with Crippen molar-refractivity contribution in [1.82, 2.24) is 5.43 Å². The van der Waals surface area contributed by atoms with E-state index < -0.39 is 15.0 Å². The second kappa shape index (κ2) is 9.40. The lowest BCUT2D eigenvalue weighted by molar-refractivity contribution is -0.120. The molecule has 3 aromatic rings. The molecular weight excluding hydrogens is 447 g/mol. The first kappa shape index (κ1) is 22.0. The van der Waals surface area contributed by atoms with Crippen LogP contribution in [-0.2, 0) is 21.3 Å². The number of benzene rings is 3.